The number of hydrogen-bond acceptors (Lipinski definition) is 3. The summed E-state index contributed by atoms with van der Waals surface area (Å²) in [5, 5.41) is 2.46. The van der Waals surface area contributed by atoms with Gasteiger partial charge in [-0.05, 0) is 64.7 Å². The van der Waals surface area contributed by atoms with E-state index in [0.717, 1.165) is 56.4 Å². The van der Waals surface area contributed by atoms with Crippen molar-refractivity contribution in [1.82, 2.24) is 14.5 Å². The zero-order chi connectivity index (χ0) is 37.5. The van der Waals surface area contributed by atoms with Crippen LogP contribution in [0.5, 0.6) is 11.5 Å². The van der Waals surface area contributed by atoms with Crippen molar-refractivity contribution in [2.24, 2.45) is 0 Å². The molecule has 4 nitrogen and oxygen atoms in total. The van der Waals surface area contributed by atoms with E-state index in [9.17, 15) is 0 Å². The van der Waals surface area contributed by atoms with Gasteiger partial charge in [-0.2, -0.15) is 0 Å². The maximum Gasteiger partial charge on any atom is 0.160 e. The molecule has 0 unspecified atom stereocenters. The normalized spacial score (nSPS) is 13.2. The molecule has 2 aromatic heterocycles. The summed E-state index contributed by atoms with van der Waals surface area (Å²) in [5.74, 6) is 2.43. The number of benzene rings is 8. The lowest BCUT2D eigenvalue weighted by molar-refractivity contribution is 0.436. The molecule has 0 saturated heterocycles. The number of para-hydroxylation sites is 4. The van der Waals surface area contributed by atoms with Gasteiger partial charge in [0.25, 0.3) is 0 Å². The van der Waals surface area contributed by atoms with E-state index in [1.807, 2.05) is 6.07 Å². The Morgan fingerprint density at radius 3 is 1.68 bits per heavy atom. The second-order valence-corrected chi connectivity index (χ2v) is 14.9. The third-order valence-corrected chi connectivity index (χ3v) is 11.9. The molecule has 4 heteroatoms. The Bertz CT molecular complexity index is 3130. The van der Waals surface area contributed by atoms with Gasteiger partial charge in [0.1, 0.15) is 11.5 Å². The van der Waals surface area contributed by atoms with E-state index in [1.54, 1.807) is 0 Å². The van der Waals surface area contributed by atoms with Crippen molar-refractivity contribution in [3.05, 3.63) is 222 Å². The van der Waals surface area contributed by atoms with Gasteiger partial charge in [0.05, 0.1) is 27.8 Å². The summed E-state index contributed by atoms with van der Waals surface area (Å²) in [6, 6.07) is 71.1. The van der Waals surface area contributed by atoms with E-state index < -0.39 is 5.41 Å². The highest BCUT2D eigenvalue weighted by Crippen LogP contribution is 2.63. The lowest BCUT2D eigenvalue weighted by Crippen LogP contribution is -2.32. The third kappa shape index (κ3) is 4.56. The van der Waals surface area contributed by atoms with Crippen LogP contribution in [0.25, 0.3) is 72.5 Å². The quantitative estimate of drug-likeness (QED) is 0.181. The monoisotopic (exact) mass is 727 g/mol. The summed E-state index contributed by atoms with van der Waals surface area (Å²) >= 11 is 0. The van der Waals surface area contributed by atoms with E-state index in [2.05, 4.69) is 199 Å². The minimum atomic E-state index is -0.567. The molecule has 57 heavy (non-hydrogen) atoms. The van der Waals surface area contributed by atoms with E-state index in [1.165, 1.54) is 44.1 Å². The first-order valence-corrected chi connectivity index (χ1v) is 19.4. The minimum absolute atomic E-state index is 0.567. The van der Waals surface area contributed by atoms with Gasteiger partial charge < -0.3 is 9.30 Å². The van der Waals surface area contributed by atoms with E-state index in [4.69, 9.17) is 14.7 Å². The average molecular weight is 728 g/mol. The van der Waals surface area contributed by atoms with Crippen LogP contribution >= 0.6 is 0 Å². The lowest BCUT2D eigenvalue weighted by Gasteiger charge is -2.39. The standard InChI is InChI=1S/C53H33N3O/c1-2-16-34(17-3-1)45-33-46(55-52(54-45)35-18-14-19-36(32-35)56-47-28-10-5-20-37(47)38-21-6-11-29-48(38)56)40-23-15-27-44-51(40)39-22-4-7-24-41(39)53(44)42-25-8-12-30-49(42)57-50-31-13-9-26-43(50)53/h1-33H. The SMILES string of the molecule is c1ccc(-c2cc(-c3cccc4c3-c3ccccc3C43c4ccccc4Oc4ccccc43)nc(-c3cccc(-n4c5ccccc5c5ccccc54)c3)n2)cc1. The van der Waals surface area contributed by atoms with Gasteiger partial charge in [0.15, 0.2) is 5.82 Å². The Balaban J connectivity index is 1.11. The Morgan fingerprint density at radius 2 is 0.947 bits per heavy atom. The van der Waals surface area contributed by atoms with Gasteiger partial charge >= 0.3 is 0 Å². The second-order valence-electron chi connectivity index (χ2n) is 14.9. The van der Waals surface area contributed by atoms with Crippen molar-refractivity contribution < 1.29 is 4.74 Å². The van der Waals surface area contributed by atoms with Crippen molar-refractivity contribution in [2.75, 3.05) is 0 Å². The highest BCUT2D eigenvalue weighted by atomic mass is 16.5. The average Bonchev–Trinajstić information content (AvgIpc) is 3.78. The molecule has 0 radical (unpaired) electrons. The van der Waals surface area contributed by atoms with Gasteiger partial charge in [-0.1, -0.05) is 158 Å². The molecular formula is C53H33N3O. The Hall–Kier alpha value is -7.56. The van der Waals surface area contributed by atoms with Crippen LogP contribution in [0.3, 0.4) is 0 Å². The summed E-state index contributed by atoms with van der Waals surface area (Å²) in [7, 11) is 0. The molecule has 12 rings (SSSR count). The van der Waals surface area contributed by atoms with Gasteiger partial charge in [-0.25, -0.2) is 9.97 Å². The molecule has 1 aliphatic heterocycles. The van der Waals surface area contributed by atoms with Crippen LogP contribution in [0.4, 0.5) is 0 Å². The highest BCUT2D eigenvalue weighted by molar-refractivity contribution is 6.09. The molecule has 0 fully saturated rings. The fourth-order valence-corrected chi connectivity index (χ4v) is 9.57. The first-order valence-electron chi connectivity index (χ1n) is 19.4. The predicted molar refractivity (Wildman–Crippen MR) is 230 cm³/mol. The molecule has 0 amide bonds. The predicted octanol–water partition coefficient (Wildman–Crippen LogP) is 13.0. The number of fused-ring (bicyclic) bond motifs is 12. The number of hydrogen-bond donors (Lipinski definition) is 0. The van der Waals surface area contributed by atoms with E-state index >= 15 is 0 Å². The van der Waals surface area contributed by atoms with Crippen molar-refractivity contribution >= 4 is 21.8 Å². The molecule has 8 aromatic carbocycles. The topological polar surface area (TPSA) is 39.9 Å². The van der Waals surface area contributed by atoms with Crippen LogP contribution in [0.15, 0.2) is 200 Å². The lowest BCUT2D eigenvalue weighted by atomic mass is 9.66. The number of aromatic nitrogens is 3. The van der Waals surface area contributed by atoms with Gasteiger partial charge in [0.2, 0.25) is 0 Å². The highest BCUT2D eigenvalue weighted by Gasteiger charge is 2.51. The fraction of sp³-hybridized carbons (Fsp3) is 0.0189. The van der Waals surface area contributed by atoms with Crippen LogP contribution in [0, 0.1) is 0 Å². The molecule has 0 N–H and O–H groups in total. The molecule has 0 bridgehead atoms. The van der Waals surface area contributed by atoms with E-state index in [-0.39, 0.29) is 0 Å². The summed E-state index contributed by atoms with van der Waals surface area (Å²) in [6.45, 7) is 0. The largest absolute Gasteiger partial charge is 0.457 e. The third-order valence-electron chi connectivity index (χ3n) is 11.9. The van der Waals surface area contributed by atoms with Crippen molar-refractivity contribution in [2.45, 2.75) is 5.41 Å². The van der Waals surface area contributed by atoms with Crippen LogP contribution in [0.2, 0.25) is 0 Å². The second kappa shape index (κ2) is 12.2. The molecule has 3 heterocycles. The summed E-state index contributed by atoms with van der Waals surface area (Å²) < 4.78 is 8.95. The molecule has 266 valence electrons. The van der Waals surface area contributed by atoms with Crippen molar-refractivity contribution in [3.8, 4) is 62.2 Å². The van der Waals surface area contributed by atoms with Crippen molar-refractivity contribution in [1.29, 1.82) is 0 Å². The maximum absolute atomic E-state index is 6.60. The minimum Gasteiger partial charge on any atom is -0.457 e. The first kappa shape index (κ1) is 31.8. The Kier molecular flexibility index (Phi) is 6.81. The van der Waals surface area contributed by atoms with Gasteiger partial charge in [0, 0.05) is 44.3 Å². The number of rotatable bonds is 4. The van der Waals surface area contributed by atoms with Crippen molar-refractivity contribution in [3.63, 3.8) is 0 Å². The molecule has 2 aliphatic rings. The molecule has 1 spiro atoms. The number of ether oxygens (including phenoxy) is 1. The van der Waals surface area contributed by atoms with E-state index in [0.29, 0.717) is 5.82 Å². The Labute approximate surface area is 330 Å². The van der Waals surface area contributed by atoms with Gasteiger partial charge in [-0.15, -0.1) is 0 Å². The molecular weight excluding hydrogens is 695 g/mol. The molecule has 0 saturated carbocycles. The van der Waals surface area contributed by atoms with Crippen LogP contribution in [-0.4, -0.2) is 14.5 Å². The smallest absolute Gasteiger partial charge is 0.160 e. The number of nitrogens with zero attached hydrogens (tertiary/aromatic N) is 3. The first-order chi connectivity index (χ1) is 28.3. The molecule has 1 aliphatic carbocycles. The molecule has 10 aromatic rings. The zero-order valence-electron chi connectivity index (χ0n) is 30.8. The maximum atomic E-state index is 6.60. The molecule has 0 atom stereocenters. The summed E-state index contributed by atoms with van der Waals surface area (Å²) in [4.78, 5) is 10.8. The summed E-state index contributed by atoms with van der Waals surface area (Å²) in [6.07, 6.45) is 0. The van der Waals surface area contributed by atoms with Crippen LogP contribution in [0.1, 0.15) is 22.3 Å². The fourth-order valence-electron chi connectivity index (χ4n) is 9.57. The van der Waals surface area contributed by atoms with Crippen LogP contribution < -0.4 is 4.74 Å². The van der Waals surface area contributed by atoms with Crippen LogP contribution in [-0.2, 0) is 5.41 Å². The zero-order valence-corrected chi connectivity index (χ0v) is 30.8. The Morgan fingerprint density at radius 1 is 0.404 bits per heavy atom. The summed E-state index contributed by atoms with van der Waals surface area (Å²) in [5.41, 5.74) is 14.8. The van der Waals surface area contributed by atoms with Gasteiger partial charge in [-0.3, -0.25) is 0 Å².